The van der Waals surface area contributed by atoms with Crippen LogP contribution in [0.3, 0.4) is 0 Å². The normalized spacial score (nSPS) is 11.6. The molecule has 20 heavy (non-hydrogen) atoms. The molecule has 0 amide bonds. The highest BCUT2D eigenvalue weighted by Gasteiger charge is 2.32. The van der Waals surface area contributed by atoms with Gasteiger partial charge >= 0.3 is 5.97 Å². The van der Waals surface area contributed by atoms with Crippen molar-refractivity contribution in [3.8, 4) is 0 Å². The number of thiazole rings is 1. The predicted octanol–water partition coefficient (Wildman–Crippen LogP) is 4.28. The summed E-state index contributed by atoms with van der Waals surface area (Å²) in [4.78, 5) is 15.5. The number of unbranched alkanes of at least 4 members (excludes halogenated alkanes) is 5. The van der Waals surface area contributed by atoms with Gasteiger partial charge in [-0.15, -0.1) is 11.3 Å². The summed E-state index contributed by atoms with van der Waals surface area (Å²) < 4.78 is 0. The van der Waals surface area contributed by atoms with Crippen LogP contribution < -0.4 is 5.32 Å². The van der Waals surface area contributed by atoms with Gasteiger partial charge in [-0.05, 0) is 20.3 Å². The van der Waals surface area contributed by atoms with Crippen molar-refractivity contribution in [3.05, 3.63) is 11.1 Å². The molecule has 2 N–H and O–H groups in total. The maximum absolute atomic E-state index is 11.2. The van der Waals surface area contributed by atoms with Gasteiger partial charge in [0.25, 0.3) is 0 Å². The molecular formula is C15H26N2O2S. The van der Waals surface area contributed by atoms with Gasteiger partial charge < -0.3 is 10.4 Å². The molecule has 0 fully saturated rings. The van der Waals surface area contributed by atoms with Gasteiger partial charge in [-0.25, -0.2) is 4.98 Å². The molecule has 0 radical (unpaired) electrons. The molecule has 1 heterocycles. The summed E-state index contributed by atoms with van der Waals surface area (Å²) in [6.07, 6.45) is 7.61. The molecule has 1 aromatic rings. The minimum absolute atomic E-state index is 0.625. The number of nitrogens with zero attached hydrogens (tertiary/aromatic N) is 1. The minimum Gasteiger partial charge on any atom is -0.481 e. The van der Waals surface area contributed by atoms with Crippen molar-refractivity contribution >= 4 is 22.4 Å². The van der Waals surface area contributed by atoms with Crippen LogP contribution in [0.25, 0.3) is 0 Å². The molecule has 0 bridgehead atoms. The number of anilines is 1. The summed E-state index contributed by atoms with van der Waals surface area (Å²) >= 11 is 1.48. The Morgan fingerprint density at radius 2 is 1.95 bits per heavy atom. The fraction of sp³-hybridized carbons (Fsp3) is 0.733. The van der Waals surface area contributed by atoms with E-state index in [2.05, 4.69) is 17.2 Å². The van der Waals surface area contributed by atoms with E-state index in [1.165, 1.54) is 43.4 Å². The van der Waals surface area contributed by atoms with Gasteiger partial charge in [-0.2, -0.15) is 0 Å². The van der Waals surface area contributed by atoms with Crippen molar-refractivity contribution in [2.24, 2.45) is 0 Å². The number of nitrogens with one attached hydrogen (secondary N) is 1. The smallest absolute Gasteiger partial charge is 0.315 e. The van der Waals surface area contributed by atoms with E-state index in [-0.39, 0.29) is 0 Å². The van der Waals surface area contributed by atoms with Crippen LogP contribution in [0.15, 0.2) is 5.38 Å². The van der Waals surface area contributed by atoms with Crippen LogP contribution in [-0.4, -0.2) is 22.6 Å². The highest BCUT2D eigenvalue weighted by Crippen LogP contribution is 2.27. The molecule has 114 valence electrons. The number of rotatable bonds is 10. The lowest BCUT2D eigenvalue weighted by molar-refractivity contribution is -0.142. The number of carboxylic acid groups (broad SMARTS) is 1. The van der Waals surface area contributed by atoms with Gasteiger partial charge in [-0.3, -0.25) is 4.79 Å². The minimum atomic E-state index is -0.920. The van der Waals surface area contributed by atoms with E-state index in [0.29, 0.717) is 5.69 Å². The lowest BCUT2D eigenvalue weighted by atomic mass is 9.90. The van der Waals surface area contributed by atoms with Crippen molar-refractivity contribution in [2.75, 3.05) is 11.9 Å². The zero-order chi connectivity index (χ0) is 15.0. The third-order valence-corrected chi connectivity index (χ3v) is 4.29. The molecule has 0 aromatic carbocycles. The molecule has 0 aliphatic heterocycles. The van der Waals surface area contributed by atoms with E-state index < -0.39 is 11.4 Å². The van der Waals surface area contributed by atoms with Crippen LogP contribution in [0.5, 0.6) is 0 Å². The number of hydrogen-bond donors (Lipinski definition) is 2. The summed E-state index contributed by atoms with van der Waals surface area (Å²) in [5.74, 6) is -0.842. The van der Waals surface area contributed by atoms with E-state index in [1.54, 1.807) is 13.8 Å². The molecule has 5 heteroatoms. The van der Waals surface area contributed by atoms with Crippen LogP contribution >= 0.6 is 11.3 Å². The number of aromatic nitrogens is 1. The average molecular weight is 298 g/mol. The van der Waals surface area contributed by atoms with Crippen molar-refractivity contribution in [1.29, 1.82) is 0 Å². The van der Waals surface area contributed by atoms with Crippen LogP contribution in [0.1, 0.15) is 65.0 Å². The van der Waals surface area contributed by atoms with Gasteiger partial charge in [0.05, 0.1) is 5.69 Å². The molecule has 4 nitrogen and oxygen atoms in total. The second-order valence-corrected chi connectivity index (χ2v) is 6.52. The van der Waals surface area contributed by atoms with Gasteiger partial charge in [0.2, 0.25) is 0 Å². The zero-order valence-electron chi connectivity index (χ0n) is 12.7. The number of carboxylic acids is 1. The van der Waals surface area contributed by atoms with Crippen molar-refractivity contribution in [1.82, 2.24) is 4.98 Å². The van der Waals surface area contributed by atoms with Crippen molar-refractivity contribution < 1.29 is 9.90 Å². The van der Waals surface area contributed by atoms with Crippen LogP contribution in [0.2, 0.25) is 0 Å². The summed E-state index contributed by atoms with van der Waals surface area (Å²) in [6, 6.07) is 0. The second kappa shape index (κ2) is 8.25. The fourth-order valence-corrected chi connectivity index (χ4v) is 2.76. The first-order valence-corrected chi connectivity index (χ1v) is 8.29. The topological polar surface area (TPSA) is 62.2 Å². The summed E-state index contributed by atoms with van der Waals surface area (Å²) in [5.41, 5.74) is -0.295. The van der Waals surface area contributed by atoms with E-state index in [0.717, 1.165) is 18.1 Å². The zero-order valence-corrected chi connectivity index (χ0v) is 13.6. The lowest BCUT2D eigenvalue weighted by Gasteiger charge is -2.15. The Kier molecular flexibility index (Phi) is 6.99. The van der Waals surface area contributed by atoms with Crippen molar-refractivity contribution in [3.63, 3.8) is 0 Å². The number of aliphatic carboxylic acids is 1. The fourth-order valence-electron chi connectivity index (χ4n) is 1.85. The monoisotopic (exact) mass is 298 g/mol. The lowest BCUT2D eigenvalue weighted by Crippen LogP contribution is -2.28. The molecule has 0 aliphatic rings. The SMILES string of the molecule is CCCCCCCCNc1nc(C(C)(C)C(=O)O)cs1. The Hall–Kier alpha value is -1.10. The van der Waals surface area contributed by atoms with Crippen LogP contribution in [0.4, 0.5) is 5.13 Å². The Morgan fingerprint density at radius 3 is 2.60 bits per heavy atom. The van der Waals surface area contributed by atoms with Crippen LogP contribution in [0, 0.1) is 0 Å². The van der Waals surface area contributed by atoms with Crippen molar-refractivity contribution in [2.45, 2.75) is 64.7 Å². The third kappa shape index (κ3) is 5.12. The number of carbonyl (C=O) groups is 1. The summed E-state index contributed by atoms with van der Waals surface area (Å²) in [5, 5.41) is 15.1. The highest BCUT2D eigenvalue weighted by molar-refractivity contribution is 7.13. The molecule has 1 aromatic heterocycles. The maximum Gasteiger partial charge on any atom is 0.315 e. The first kappa shape index (κ1) is 17.0. The Balaban J connectivity index is 2.29. The van der Waals surface area contributed by atoms with E-state index in [1.807, 2.05) is 5.38 Å². The molecule has 0 spiro atoms. The molecule has 1 rings (SSSR count). The largest absolute Gasteiger partial charge is 0.481 e. The molecular weight excluding hydrogens is 272 g/mol. The van der Waals surface area contributed by atoms with E-state index in [4.69, 9.17) is 5.11 Å². The Morgan fingerprint density at radius 1 is 1.30 bits per heavy atom. The summed E-state index contributed by atoms with van der Waals surface area (Å²) in [6.45, 7) is 6.50. The van der Waals surface area contributed by atoms with Gasteiger partial charge in [-0.1, -0.05) is 39.0 Å². The molecule has 0 atom stereocenters. The maximum atomic E-state index is 11.2. The van der Waals surface area contributed by atoms with E-state index in [9.17, 15) is 4.79 Å². The van der Waals surface area contributed by atoms with E-state index >= 15 is 0 Å². The third-order valence-electron chi connectivity index (χ3n) is 3.49. The highest BCUT2D eigenvalue weighted by atomic mass is 32.1. The molecule has 0 unspecified atom stereocenters. The van der Waals surface area contributed by atoms with Gasteiger partial charge in [0, 0.05) is 11.9 Å². The summed E-state index contributed by atoms with van der Waals surface area (Å²) in [7, 11) is 0. The van der Waals surface area contributed by atoms with Crippen LogP contribution in [-0.2, 0) is 10.2 Å². The predicted molar refractivity (Wildman–Crippen MR) is 84.6 cm³/mol. The first-order valence-electron chi connectivity index (χ1n) is 7.41. The quantitative estimate of drug-likeness (QED) is 0.633. The Labute approximate surface area is 125 Å². The molecule has 0 aliphatic carbocycles. The Bertz CT molecular complexity index is 416. The van der Waals surface area contributed by atoms with Gasteiger partial charge in [0.15, 0.2) is 5.13 Å². The number of hydrogen-bond acceptors (Lipinski definition) is 4. The first-order chi connectivity index (χ1) is 9.48. The second-order valence-electron chi connectivity index (χ2n) is 5.66. The molecule has 0 saturated carbocycles. The van der Waals surface area contributed by atoms with Gasteiger partial charge in [0.1, 0.15) is 5.41 Å². The molecule has 0 saturated heterocycles. The average Bonchev–Trinajstić information content (AvgIpc) is 2.87. The standard InChI is InChI=1S/C15H26N2O2S/c1-4-5-6-7-8-9-10-16-14-17-12(11-20-14)15(2,3)13(18)19/h11H,4-10H2,1-3H3,(H,16,17)(H,18,19).